The highest BCUT2D eigenvalue weighted by Crippen LogP contribution is 2.24. The Balaban J connectivity index is 2.67. The minimum Gasteiger partial charge on any atom is -0.392 e. The zero-order chi connectivity index (χ0) is 12.6. The Morgan fingerprint density at radius 2 is 2.29 bits per heavy atom. The average Bonchev–Trinajstić information content (AvgIpc) is 2.55. The molecule has 1 N–H and O–H groups in total. The third-order valence-corrected chi connectivity index (χ3v) is 2.93. The number of hydrogen-bond acceptors (Lipinski definition) is 3. The first-order valence-electron chi connectivity index (χ1n) is 5.31. The van der Waals surface area contributed by atoms with Crippen molar-refractivity contribution < 1.29 is 5.11 Å². The molecule has 0 aromatic carbocycles. The van der Waals surface area contributed by atoms with E-state index in [-0.39, 0.29) is 6.61 Å². The lowest BCUT2D eigenvalue weighted by atomic mass is 10.1. The van der Waals surface area contributed by atoms with Crippen molar-refractivity contribution in [2.45, 2.75) is 13.8 Å². The van der Waals surface area contributed by atoms with E-state index in [0.717, 1.165) is 27.9 Å². The van der Waals surface area contributed by atoms with Crippen LogP contribution in [0.15, 0.2) is 11.6 Å². The van der Waals surface area contributed by atoms with Crippen LogP contribution in [0.4, 0.5) is 0 Å². The second-order valence-corrected chi connectivity index (χ2v) is 4.46. The van der Waals surface area contributed by atoms with Gasteiger partial charge in [0.2, 0.25) is 0 Å². The number of rotatable bonds is 2. The van der Waals surface area contributed by atoms with Crippen LogP contribution in [0.25, 0.3) is 17.1 Å². The molecule has 0 saturated heterocycles. The predicted molar refractivity (Wildman–Crippen MR) is 69.0 cm³/mol. The second-order valence-electron chi connectivity index (χ2n) is 4.10. The minimum absolute atomic E-state index is 0.0143. The van der Waals surface area contributed by atoms with Crippen molar-refractivity contribution in [3.05, 3.63) is 28.0 Å². The van der Waals surface area contributed by atoms with Crippen LogP contribution in [0.2, 0.25) is 5.15 Å². The Bertz CT molecular complexity index is 601. The molecular weight excluding hydrogens is 238 g/mol. The molecule has 5 heteroatoms. The van der Waals surface area contributed by atoms with Crippen molar-refractivity contribution >= 4 is 28.7 Å². The Hall–Kier alpha value is -1.39. The third kappa shape index (κ3) is 2.18. The lowest BCUT2D eigenvalue weighted by Gasteiger charge is -2.01. The molecule has 17 heavy (non-hydrogen) atoms. The first-order chi connectivity index (χ1) is 8.02. The zero-order valence-corrected chi connectivity index (χ0v) is 10.8. The molecule has 0 aliphatic rings. The van der Waals surface area contributed by atoms with Crippen LogP contribution in [0.3, 0.4) is 0 Å². The quantitative estimate of drug-likeness (QED) is 0.834. The fourth-order valence-corrected chi connectivity index (χ4v) is 1.94. The maximum absolute atomic E-state index is 9.01. The van der Waals surface area contributed by atoms with E-state index in [4.69, 9.17) is 16.7 Å². The maximum atomic E-state index is 9.01. The summed E-state index contributed by atoms with van der Waals surface area (Å²) in [6.07, 6.45) is 1.83. The molecule has 0 unspecified atom stereocenters. The summed E-state index contributed by atoms with van der Waals surface area (Å²) in [4.78, 5) is 4.32. The summed E-state index contributed by atoms with van der Waals surface area (Å²) in [6.45, 7) is 3.79. The molecule has 2 aromatic heterocycles. The highest BCUT2D eigenvalue weighted by atomic mass is 35.5. The number of aromatic nitrogens is 3. The van der Waals surface area contributed by atoms with Gasteiger partial charge in [0, 0.05) is 18.0 Å². The molecule has 2 rings (SSSR count). The largest absolute Gasteiger partial charge is 0.392 e. The van der Waals surface area contributed by atoms with Gasteiger partial charge in [-0.2, -0.15) is 5.10 Å². The monoisotopic (exact) mass is 251 g/mol. The first-order valence-corrected chi connectivity index (χ1v) is 5.68. The molecular formula is C12H14ClN3O. The van der Waals surface area contributed by atoms with E-state index in [1.165, 1.54) is 0 Å². The highest BCUT2D eigenvalue weighted by molar-refractivity contribution is 6.31. The summed E-state index contributed by atoms with van der Waals surface area (Å²) in [5.74, 6) is 0. The molecule has 0 atom stereocenters. The van der Waals surface area contributed by atoms with Crippen LogP contribution in [-0.2, 0) is 7.05 Å². The van der Waals surface area contributed by atoms with Crippen molar-refractivity contribution in [3.63, 3.8) is 0 Å². The number of aliphatic hydroxyl groups is 1. The molecule has 2 heterocycles. The lowest BCUT2D eigenvalue weighted by Crippen LogP contribution is -1.93. The van der Waals surface area contributed by atoms with Crippen molar-refractivity contribution in [3.8, 4) is 0 Å². The van der Waals surface area contributed by atoms with E-state index in [1.807, 2.05) is 33.0 Å². The number of fused-ring (bicyclic) bond motifs is 1. The summed E-state index contributed by atoms with van der Waals surface area (Å²) in [7, 11) is 1.84. The van der Waals surface area contributed by atoms with Crippen molar-refractivity contribution in [1.29, 1.82) is 0 Å². The van der Waals surface area contributed by atoms with Crippen LogP contribution in [0.5, 0.6) is 0 Å². The number of aryl methyl sites for hydroxylation is 2. The van der Waals surface area contributed by atoms with E-state index in [0.29, 0.717) is 5.15 Å². The van der Waals surface area contributed by atoms with Gasteiger partial charge in [0.25, 0.3) is 0 Å². The second kappa shape index (κ2) is 4.47. The fraction of sp³-hybridized carbons (Fsp3) is 0.333. The summed E-state index contributed by atoms with van der Waals surface area (Å²) in [5, 5.41) is 14.7. The van der Waals surface area contributed by atoms with E-state index in [1.54, 1.807) is 4.68 Å². The molecule has 0 fully saturated rings. The Kier molecular flexibility index (Phi) is 3.17. The smallest absolute Gasteiger partial charge is 0.159 e. The topological polar surface area (TPSA) is 50.9 Å². The third-order valence-electron chi connectivity index (χ3n) is 2.63. The molecule has 0 aliphatic heterocycles. The lowest BCUT2D eigenvalue weighted by molar-refractivity contribution is 0.332. The highest BCUT2D eigenvalue weighted by Gasteiger charge is 2.10. The number of pyridine rings is 1. The van der Waals surface area contributed by atoms with Gasteiger partial charge in [-0.3, -0.25) is 4.68 Å². The van der Waals surface area contributed by atoms with Gasteiger partial charge in [-0.25, -0.2) is 4.98 Å². The molecule has 0 radical (unpaired) electrons. The van der Waals surface area contributed by atoms with Gasteiger partial charge in [0.05, 0.1) is 12.3 Å². The van der Waals surface area contributed by atoms with E-state index >= 15 is 0 Å². The summed E-state index contributed by atoms with van der Waals surface area (Å²) in [5.41, 5.74) is 3.34. The average molecular weight is 252 g/mol. The molecule has 0 amide bonds. The zero-order valence-electron chi connectivity index (χ0n) is 10.0. The van der Waals surface area contributed by atoms with Crippen molar-refractivity contribution in [2.24, 2.45) is 7.05 Å². The van der Waals surface area contributed by atoms with Gasteiger partial charge in [0.1, 0.15) is 5.15 Å². The summed E-state index contributed by atoms with van der Waals surface area (Å²) >= 11 is 6.11. The van der Waals surface area contributed by atoms with Crippen molar-refractivity contribution in [2.75, 3.05) is 6.61 Å². The maximum Gasteiger partial charge on any atom is 0.159 e. The van der Waals surface area contributed by atoms with Crippen LogP contribution >= 0.6 is 11.6 Å². The van der Waals surface area contributed by atoms with Crippen LogP contribution in [-0.4, -0.2) is 26.5 Å². The Morgan fingerprint density at radius 3 is 2.94 bits per heavy atom. The molecule has 0 spiro atoms. The van der Waals surface area contributed by atoms with Gasteiger partial charge >= 0.3 is 0 Å². The van der Waals surface area contributed by atoms with E-state index in [9.17, 15) is 0 Å². The summed E-state index contributed by atoms with van der Waals surface area (Å²) in [6, 6.07) is 1.95. The SMILES string of the molecule is CC(=Cc1cc2c(C)nn(C)c2nc1Cl)CO. The van der Waals surface area contributed by atoms with Gasteiger partial charge in [-0.1, -0.05) is 17.7 Å². The van der Waals surface area contributed by atoms with Crippen LogP contribution < -0.4 is 0 Å². The molecule has 0 saturated carbocycles. The Labute approximate surface area is 105 Å². The molecule has 90 valence electrons. The van der Waals surface area contributed by atoms with Crippen molar-refractivity contribution in [1.82, 2.24) is 14.8 Å². The van der Waals surface area contributed by atoms with Crippen LogP contribution in [0, 0.1) is 6.92 Å². The van der Waals surface area contributed by atoms with E-state index < -0.39 is 0 Å². The standard InChI is InChI=1S/C12H14ClN3O/c1-7(6-17)4-9-5-10-8(2)15-16(3)12(10)14-11(9)13/h4-5,17H,6H2,1-3H3. The van der Waals surface area contributed by atoms with Gasteiger partial charge in [0.15, 0.2) is 5.65 Å². The van der Waals surface area contributed by atoms with Gasteiger partial charge in [-0.05, 0) is 25.5 Å². The van der Waals surface area contributed by atoms with Gasteiger partial charge in [-0.15, -0.1) is 0 Å². The number of aliphatic hydroxyl groups excluding tert-OH is 1. The molecule has 4 nitrogen and oxygen atoms in total. The molecule has 2 aromatic rings. The van der Waals surface area contributed by atoms with Gasteiger partial charge < -0.3 is 5.11 Å². The first kappa shape index (κ1) is 12.1. The molecule has 0 bridgehead atoms. The fourth-order valence-electron chi connectivity index (χ4n) is 1.75. The van der Waals surface area contributed by atoms with Crippen LogP contribution in [0.1, 0.15) is 18.2 Å². The number of nitrogens with zero attached hydrogens (tertiary/aromatic N) is 3. The van der Waals surface area contributed by atoms with E-state index in [2.05, 4.69) is 10.1 Å². The summed E-state index contributed by atoms with van der Waals surface area (Å²) < 4.78 is 1.71. The number of halogens is 1. The predicted octanol–water partition coefficient (Wildman–Crippen LogP) is 2.33. The normalized spacial score (nSPS) is 12.4. The molecule has 0 aliphatic carbocycles. The minimum atomic E-state index is 0.0143. The number of hydrogen-bond donors (Lipinski definition) is 1. The Morgan fingerprint density at radius 1 is 1.59 bits per heavy atom.